The average molecular weight is 234 g/mol. The van der Waals surface area contributed by atoms with Crippen LogP contribution in [0.15, 0.2) is 28.8 Å². The number of hydrogen-bond acceptors (Lipinski definition) is 4. The zero-order valence-corrected chi connectivity index (χ0v) is 9.77. The van der Waals surface area contributed by atoms with Crippen LogP contribution in [0.3, 0.4) is 0 Å². The van der Waals surface area contributed by atoms with Gasteiger partial charge in [0.15, 0.2) is 11.4 Å². The number of amides is 1. The Hall–Kier alpha value is -1.88. The second-order valence-electron chi connectivity index (χ2n) is 3.61. The first kappa shape index (κ1) is 11.6. The summed E-state index contributed by atoms with van der Waals surface area (Å²) in [6.07, 6.45) is -0.504. The summed E-state index contributed by atoms with van der Waals surface area (Å²) in [7, 11) is 0. The topological polar surface area (TPSA) is 64.4 Å². The molecular weight excluding hydrogens is 220 g/mol. The molecule has 90 valence electrons. The Balaban J connectivity index is 2.16. The van der Waals surface area contributed by atoms with Gasteiger partial charge >= 0.3 is 0 Å². The van der Waals surface area contributed by atoms with E-state index < -0.39 is 6.10 Å². The minimum Gasteiger partial charge on any atom is -0.369 e. The molecule has 0 aliphatic heterocycles. The van der Waals surface area contributed by atoms with E-state index in [2.05, 4.69) is 10.5 Å². The monoisotopic (exact) mass is 234 g/mol. The van der Waals surface area contributed by atoms with Crippen molar-refractivity contribution in [3.8, 4) is 0 Å². The van der Waals surface area contributed by atoms with E-state index in [1.54, 1.807) is 13.0 Å². The molecule has 1 heterocycles. The van der Waals surface area contributed by atoms with Crippen molar-refractivity contribution < 1.29 is 14.1 Å². The first-order valence-electron chi connectivity index (χ1n) is 5.49. The van der Waals surface area contributed by atoms with Gasteiger partial charge in [0.1, 0.15) is 6.10 Å². The largest absolute Gasteiger partial charge is 0.369 e. The van der Waals surface area contributed by atoms with Gasteiger partial charge in [-0.3, -0.25) is 4.79 Å². The highest BCUT2D eigenvalue weighted by Gasteiger charge is 2.16. The van der Waals surface area contributed by atoms with Gasteiger partial charge in [0.2, 0.25) is 0 Å². The maximum absolute atomic E-state index is 11.7. The smallest absolute Gasteiger partial charge is 0.254 e. The number of carbonyl (C=O) groups is 1. The van der Waals surface area contributed by atoms with Crippen molar-refractivity contribution in [2.75, 3.05) is 11.9 Å². The van der Waals surface area contributed by atoms with Gasteiger partial charge in [-0.2, -0.15) is 0 Å². The molecule has 0 spiro atoms. The highest BCUT2D eigenvalue weighted by molar-refractivity contribution is 6.00. The standard InChI is InChI=1S/C12H14N2O3/c1-3-16-8(2)12(15)13-11-9-6-4-5-7-10(9)17-14-11/h4-8H,3H2,1-2H3,(H,13,14,15). The van der Waals surface area contributed by atoms with Gasteiger partial charge in [-0.1, -0.05) is 17.3 Å². The lowest BCUT2D eigenvalue weighted by Gasteiger charge is -2.10. The Bertz CT molecular complexity index is 521. The summed E-state index contributed by atoms with van der Waals surface area (Å²) in [5.41, 5.74) is 0.645. The minimum atomic E-state index is -0.504. The second-order valence-corrected chi connectivity index (χ2v) is 3.61. The fourth-order valence-electron chi connectivity index (χ4n) is 1.52. The number of hydrogen-bond donors (Lipinski definition) is 1. The molecule has 1 atom stereocenters. The zero-order valence-electron chi connectivity index (χ0n) is 9.77. The number of nitrogens with zero attached hydrogens (tertiary/aromatic N) is 1. The van der Waals surface area contributed by atoms with Crippen LogP contribution in [-0.2, 0) is 9.53 Å². The quantitative estimate of drug-likeness (QED) is 0.880. The summed E-state index contributed by atoms with van der Waals surface area (Å²) in [4.78, 5) is 11.7. The average Bonchev–Trinajstić information content (AvgIpc) is 2.73. The molecule has 0 saturated heterocycles. The molecule has 1 unspecified atom stereocenters. The molecule has 0 aliphatic rings. The number of aromatic nitrogens is 1. The number of rotatable bonds is 4. The van der Waals surface area contributed by atoms with Gasteiger partial charge in [-0.25, -0.2) is 0 Å². The molecule has 17 heavy (non-hydrogen) atoms. The molecule has 0 aliphatic carbocycles. The van der Waals surface area contributed by atoms with Crippen LogP contribution in [0.25, 0.3) is 11.0 Å². The highest BCUT2D eigenvalue weighted by Crippen LogP contribution is 2.22. The molecule has 2 aromatic rings. The van der Waals surface area contributed by atoms with E-state index in [0.29, 0.717) is 18.0 Å². The van der Waals surface area contributed by atoms with Crippen molar-refractivity contribution in [2.45, 2.75) is 20.0 Å². The normalized spacial score (nSPS) is 12.6. The highest BCUT2D eigenvalue weighted by atomic mass is 16.5. The Morgan fingerprint density at radius 2 is 2.29 bits per heavy atom. The van der Waals surface area contributed by atoms with Crippen LogP contribution in [0, 0.1) is 0 Å². The summed E-state index contributed by atoms with van der Waals surface area (Å²) in [6.45, 7) is 4.03. The maximum atomic E-state index is 11.7. The van der Waals surface area contributed by atoms with Gasteiger partial charge < -0.3 is 14.6 Å². The van der Waals surface area contributed by atoms with Crippen LogP contribution in [0.5, 0.6) is 0 Å². The predicted molar refractivity (Wildman–Crippen MR) is 63.7 cm³/mol. The van der Waals surface area contributed by atoms with Gasteiger partial charge in [0.25, 0.3) is 5.91 Å². The molecule has 1 aromatic carbocycles. The molecule has 5 heteroatoms. The van der Waals surface area contributed by atoms with E-state index in [9.17, 15) is 4.79 Å². The van der Waals surface area contributed by atoms with Crippen LogP contribution in [0.1, 0.15) is 13.8 Å². The molecule has 0 fully saturated rings. The summed E-state index contributed by atoms with van der Waals surface area (Å²) >= 11 is 0. The molecule has 0 radical (unpaired) electrons. The van der Waals surface area contributed by atoms with Crippen molar-refractivity contribution in [1.29, 1.82) is 0 Å². The Labute approximate surface area is 98.7 Å². The van der Waals surface area contributed by atoms with Crippen LogP contribution < -0.4 is 5.32 Å². The predicted octanol–water partition coefficient (Wildman–Crippen LogP) is 2.19. The lowest BCUT2D eigenvalue weighted by Crippen LogP contribution is -2.27. The van der Waals surface area contributed by atoms with Crippen molar-refractivity contribution >= 4 is 22.7 Å². The van der Waals surface area contributed by atoms with Crippen LogP contribution in [0.4, 0.5) is 5.82 Å². The number of benzene rings is 1. The number of fused-ring (bicyclic) bond motifs is 1. The van der Waals surface area contributed by atoms with E-state index in [-0.39, 0.29) is 5.91 Å². The maximum Gasteiger partial charge on any atom is 0.254 e. The molecule has 1 aromatic heterocycles. The van der Waals surface area contributed by atoms with Gasteiger partial charge in [-0.15, -0.1) is 0 Å². The van der Waals surface area contributed by atoms with E-state index in [4.69, 9.17) is 9.26 Å². The lowest BCUT2D eigenvalue weighted by molar-refractivity contribution is -0.126. The Morgan fingerprint density at radius 3 is 3.06 bits per heavy atom. The van der Waals surface area contributed by atoms with Gasteiger partial charge in [0.05, 0.1) is 5.39 Å². The molecule has 1 N–H and O–H groups in total. The number of ether oxygens (including phenoxy) is 1. The molecular formula is C12H14N2O3. The van der Waals surface area contributed by atoms with Gasteiger partial charge in [-0.05, 0) is 26.0 Å². The van der Waals surface area contributed by atoms with Crippen molar-refractivity contribution in [3.63, 3.8) is 0 Å². The van der Waals surface area contributed by atoms with Crippen molar-refractivity contribution in [1.82, 2.24) is 5.16 Å². The third-order valence-corrected chi connectivity index (χ3v) is 2.40. The summed E-state index contributed by atoms with van der Waals surface area (Å²) in [5, 5.41) is 7.28. The van der Waals surface area contributed by atoms with Crippen LogP contribution in [0.2, 0.25) is 0 Å². The molecule has 0 saturated carbocycles. The summed E-state index contributed by atoms with van der Waals surface area (Å²) < 4.78 is 10.3. The molecule has 0 bridgehead atoms. The van der Waals surface area contributed by atoms with Crippen LogP contribution >= 0.6 is 0 Å². The van der Waals surface area contributed by atoms with E-state index >= 15 is 0 Å². The Kier molecular flexibility index (Phi) is 3.39. The van der Waals surface area contributed by atoms with Crippen molar-refractivity contribution in [2.24, 2.45) is 0 Å². The molecule has 1 amide bonds. The van der Waals surface area contributed by atoms with E-state index in [1.165, 1.54) is 0 Å². The number of carbonyl (C=O) groups excluding carboxylic acids is 1. The number of anilines is 1. The Morgan fingerprint density at radius 1 is 1.53 bits per heavy atom. The zero-order chi connectivity index (χ0) is 12.3. The summed E-state index contributed by atoms with van der Waals surface area (Å²) in [5.74, 6) is 0.197. The third kappa shape index (κ3) is 2.45. The summed E-state index contributed by atoms with van der Waals surface area (Å²) in [6, 6.07) is 7.35. The first-order chi connectivity index (χ1) is 8.22. The first-order valence-corrected chi connectivity index (χ1v) is 5.49. The third-order valence-electron chi connectivity index (χ3n) is 2.40. The van der Waals surface area contributed by atoms with Gasteiger partial charge in [0, 0.05) is 6.61 Å². The number of nitrogens with one attached hydrogen (secondary N) is 1. The second kappa shape index (κ2) is 4.97. The molecule has 5 nitrogen and oxygen atoms in total. The lowest BCUT2D eigenvalue weighted by atomic mass is 10.2. The minimum absolute atomic E-state index is 0.231. The van der Waals surface area contributed by atoms with Crippen molar-refractivity contribution in [3.05, 3.63) is 24.3 Å². The van der Waals surface area contributed by atoms with E-state index in [1.807, 2.05) is 25.1 Å². The molecule has 2 rings (SSSR count). The fraction of sp³-hybridized carbons (Fsp3) is 0.333. The SMILES string of the molecule is CCOC(C)C(=O)Nc1noc2ccccc12. The number of para-hydroxylation sites is 1. The van der Waals surface area contributed by atoms with E-state index in [0.717, 1.165) is 5.39 Å². The fourth-order valence-corrected chi connectivity index (χ4v) is 1.52. The van der Waals surface area contributed by atoms with Crippen LogP contribution in [-0.4, -0.2) is 23.8 Å².